The van der Waals surface area contributed by atoms with Gasteiger partial charge < -0.3 is 10.0 Å². The van der Waals surface area contributed by atoms with Crippen molar-refractivity contribution < 1.29 is 9.90 Å². The van der Waals surface area contributed by atoms with Crippen LogP contribution in [0, 0.1) is 0 Å². The summed E-state index contributed by atoms with van der Waals surface area (Å²) in [5.74, 6) is 0.159. The summed E-state index contributed by atoms with van der Waals surface area (Å²) in [6, 6.07) is 3.79. The number of hydrogen-bond donors (Lipinski definition) is 1. The zero-order valence-electron chi connectivity index (χ0n) is 13.4. The summed E-state index contributed by atoms with van der Waals surface area (Å²) >= 11 is 0. The van der Waals surface area contributed by atoms with E-state index in [0.29, 0.717) is 19.5 Å². The van der Waals surface area contributed by atoms with Gasteiger partial charge in [0.15, 0.2) is 0 Å². The minimum Gasteiger partial charge on any atom is -0.396 e. The molecule has 1 aliphatic rings. The molecule has 1 aromatic rings. The van der Waals surface area contributed by atoms with Crippen LogP contribution in [0.15, 0.2) is 24.5 Å². The Kier molecular flexibility index (Phi) is 6.80. The third kappa shape index (κ3) is 4.78. The minimum absolute atomic E-state index is 0.0826. The van der Waals surface area contributed by atoms with E-state index in [0.717, 1.165) is 18.7 Å². The summed E-state index contributed by atoms with van der Waals surface area (Å²) in [5, 5.41) is 9.09. The lowest BCUT2D eigenvalue weighted by molar-refractivity contribution is -0.137. The van der Waals surface area contributed by atoms with Gasteiger partial charge in [-0.2, -0.15) is 0 Å². The molecular weight excluding hydrogens is 278 g/mol. The van der Waals surface area contributed by atoms with Gasteiger partial charge in [-0.3, -0.25) is 14.7 Å². The van der Waals surface area contributed by atoms with Crippen molar-refractivity contribution in [3.63, 3.8) is 0 Å². The van der Waals surface area contributed by atoms with Crippen molar-refractivity contribution in [3.8, 4) is 0 Å². The first-order valence-electron chi connectivity index (χ1n) is 8.25. The Hall–Kier alpha value is -1.46. The first-order chi connectivity index (χ1) is 10.7. The van der Waals surface area contributed by atoms with Gasteiger partial charge in [-0.05, 0) is 57.0 Å². The van der Waals surface area contributed by atoms with Crippen LogP contribution in [0.25, 0.3) is 0 Å². The molecule has 1 N–H and O–H groups in total. The topological polar surface area (TPSA) is 56.7 Å². The molecule has 1 saturated heterocycles. The number of pyridine rings is 1. The Morgan fingerprint density at radius 1 is 1.32 bits per heavy atom. The van der Waals surface area contributed by atoms with Gasteiger partial charge in [0.05, 0.1) is 6.04 Å². The van der Waals surface area contributed by atoms with Crippen molar-refractivity contribution in [2.75, 3.05) is 26.2 Å². The molecule has 1 atom stereocenters. The molecule has 0 saturated carbocycles. The highest BCUT2D eigenvalue weighted by atomic mass is 16.3. The highest BCUT2D eigenvalue weighted by Crippen LogP contribution is 2.15. The summed E-state index contributed by atoms with van der Waals surface area (Å²) in [6.07, 6.45) is 7.74. The SMILES string of the molecule is C[C@@H](C(=O)N(CCCO)Cc1ccncc1)N1CCCCC1. The minimum atomic E-state index is -0.0826. The predicted molar refractivity (Wildman–Crippen MR) is 86.2 cm³/mol. The smallest absolute Gasteiger partial charge is 0.239 e. The largest absolute Gasteiger partial charge is 0.396 e. The zero-order chi connectivity index (χ0) is 15.8. The molecule has 1 amide bonds. The molecule has 0 unspecified atom stereocenters. The lowest BCUT2D eigenvalue weighted by Crippen LogP contribution is -2.48. The number of nitrogens with zero attached hydrogens (tertiary/aromatic N) is 3. The van der Waals surface area contributed by atoms with Crippen molar-refractivity contribution >= 4 is 5.91 Å². The van der Waals surface area contributed by atoms with E-state index in [1.54, 1.807) is 12.4 Å². The molecule has 5 nitrogen and oxygen atoms in total. The van der Waals surface area contributed by atoms with Crippen LogP contribution in [-0.4, -0.2) is 58.1 Å². The van der Waals surface area contributed by atoms with Crippen molar-refractivity contribution in [2.24, 2.45) is 0 Å². The molecule has 5 heteroatoms. The summed E-state index contributed by atoms with van der Waals surface area (Å²) in [7, 11) is 0. The number of rotatable bonds is 7. The Labute approximate surface area is 132 Å². The van der Waals surface area contributed by atoms with Gasteiger partial charge in [0.25, 0.3) is 0 Å². The van der Waals surface area contributed by atoms with E-state index in [4.69, 9.17) is 5.11 Å². The number of piperidine rings is 1. The third-order valence-electron chi connectivity index (χ3n) is 4.32. The fourth-order valence-electron chi connectivity index (χ4n) is 2.96. The highest BCUT2D eigenvalue weighted by molar-refractivity contribution is 5.81. The van der Waals surface area contributed by atoms with Crippen LogP contribution in [0.1, 0.15) is 38.2 Å². The maximum absolute atomic E-state index is 12.8. The molecule has 0 radical (unpaired) electrons. The summed E-state index contributed by atoms with van der Waals surface area (Å²) in [5.41, 5.74) is 1.08. The number of aliphatic hydroxyl groups is 1. The van der Waals surface area contributed by atoms with E-state index in [9.17, 15) is 4.79 Å². The molecule has 0 bridgehead atoms. The number of likely N-dealkylation sites (tertiary alicyclic amines) is 1. The van der Waals surface area contributed by atoms with Crippen molar-refractivity contribution in [2.45, 2.75) is 45.2 Å². The molecule has 0 aliphatic carbocycles. The van der Waals surface area contributed by atoms with Gasteiger partial charge in [-0.25, -0.2) is 0 Å². The summed E-state index contributed by atoms with van der Waals surface area (Å²) in [6.45, 7) is 5.31. The Balaban J connectivity index is 2.01. The Bertz CT molecular complexity index is 446. The number of aromatic nitrogens is 1. The van der Waals surface area contributed by atoms with E-state index < -0.39 is 0 Å². The Morgan fingerprint density at radius 3 is 2.64 bits per heavy atom. The number of carbonyl (C=O) groups is 1. The van der Waals surface area contributed by atoms with Crippen LogP contribution < -0.4 is 0 Å². The molecule has 0 spiro atoms. The average Bonchev–Trinajstić information content (AvgIpc) is 2.59. The van der Waals surface area contributed by atoms with Gasteiger partial charge in [0, 0.05) is 32.1 Å². The Morgan fingerprint density at radius 2 is 2.00 bits per heavy atom. The number of amides is 1. The number of hydrogen-bond acceptors (Lipinski definition) is 4. The van der Waals surface area contributed by atoms with Gasteiger partial charge in [0.1, 0.15) is 0 Å². The van der Waals surface area contributed by atoms with Crippen LogP contribution in [-0.2, 0) is 11.3 Å². The predicted octanol–water partition coefficient (Wildman–Crippen LogP) is 1.67. The van der Waals surface area contributed by atoms with Crippen molar-refractivity contribution in [3.05, 3.63) is 30.1 Å². The van der Waals surface area contributed by atoms with Crippen LogP contribution >= 0.6 is 0 Å². The van der Waals surface area contributed by atoms with Gasteiger partial charge in [0.2, 0.25) is 5.91 Å². The molecule has 22 heavy (non-hydrogen) atoms. The molecule has 0 aromatic carbocycles. The molecule has 1 fully saturated rings. The average molecular weight is 305 g/mol. The number of carbonyl (C=O) groups excluding carboxylic acids is 1. The van der Waals surface area contributed by atoms with E-state index in [1.807, 2.05) is 24.0 Å². The van der Waals surface area contributed by atoms with E-state index >= 15 is 0 Å². The van der Waals surface area contributed by atoms with E-state index in [2.05, 4.69) is 9.88 Å². The maximum atomic E-state index is 12.8. The van der Waals surface area contributed by atoms with Gasteiger partial charge in [-0.15, -0.1) is 0 Å². The zero-order valence-corrected chi connectivity index (χ0v) is 13.4. The monoisotopic (exact) mass is 305 g/mol. The fraction of sp³-hybridized carbons (Fsp3) is 0.647. The second-order valence-electron chi connectivity index (χ2n) is 5.97. The molecular formula is C17H27N3O2. The third-order valence-corrected chi connectivity index (χ3v) is 4.32. The van der Waals surface area contributed by atoms with Crippen LogP contribution in [0.4, 0.5) is 0 Å². The lowest BCUT2D eigenvalue weighted by Gasteiger charge is -2.35. The van der Waals surface area contributed by atoms with Crippen LogP contribution in [0.3, 0.4) is 0 Å². The maximum Gasteiger partial charge on any atom is 0.239 e. The lowest BCUT2D eigenvalue weighted by atomic mass is 10.1. The number of aliphatic hydroxyl groups excluding tert-OH is 1. The molecule has 1 aliphatic heterocycles. The van der Waals surface area contributed by atoms with Crippen molar-refractivity contribution in [1.82, 2.24) is 14.8 Å². The summed E-state index contributed by atoms with van der Waals surface area (Å²) in [4.78, 5) is 21.0. The first kappa shape index (κ1) is 16.9. The van der Waals surface area contributed by atoms with Crippen LogP contribution in [0.5, 0.6) is 0 Å². The second-order valence-corrected chi connectivity index (χ2v) is 5.97. The summed E-state index contributed by atoms with van der Waals surface area (Å²) < 4.78 is 0. The second kappa shape index (κ2) is 8.86. The van der Waals surface area contributed by atoms with E-state index in [1.165, 1.54) is 19.3 Å². The molecule has 1 aromatic heterocycles. The van der Waals surface area contributed by atoms with Crippen molar-refractivity contribution in [1.29, 1.82) is 0 Å². The normalized spacial score (nSPS) is 17.2. The van der Waals surface area contributed by atoms with Gasteiger partial charge in [-0.1, -0.05) is 6.42 Å². The highest BCUT2D eigenvalue weighted by Gasteiger charge is 2.26. The standard InChI is InChI=1S/C17H27N3O2/c1-15(19-10-3-2-4-11-19)17(22)20(12-5-13-21)14-16-6-8-18-9-7-16/h6-9,15,21H,2-5,10-14H2,1H3/t15-/m0/s1. The molecule has 122 valence electrons. The van der Waals surface area contributed by atoms with Crippen LogP contribution in [0.2, 0.25) is 0 Å². The molecule has 2 rings (SSSR count). The first-order valence-corrected chi connectivity index (χ1v) is 8.25. The van der Waals surface area contributed by atoms with Gasteiger partial charge >= 0.3 is 0 Å². The molecule has 2 heterocycles. The quantitative estimate of drug-likeness (QED) is 0.832. The fourth-order valence-corrected chi connectivity index (χ4v) is 2.96. The van der Waals surface area contributed by atoms with E-state index in [-0.39, 0.29) is 18.6 Å².